The summed E-state index contributed by atoms with van der Waals surface area (Å²) in [5, 5.41) is 9.57. The number of carboxylic acids is 1. The van der Waals surface area contributed by atoms with Gasteiger partial charge in [-0.05, 0) is 44.4 Å². The molecule has 0 aliphatic rings. The van der Waals surface area contributed by atoms with Gasteiger partial charge in [-0.2, -0.15) is 4.37 Å². The molecule has 0 saturated carbocycles. The number of aryl methyl sites for hydroxylation is 3. The normalized spacial score (nSPS) is 10.5. The summed E-state index contributed by atoms with van der Waals surface area (Å²) in [5.41, 5.74) is 2.36. The molecule has 0 bridgehead atoms. The first-order chi connectivity index (χ1) is 9.82. The van der Waals surface area contributed by atoms with Crippen LogP contribution in [0.4, 0.5) is 5.00 Å². The predicted octanol–water partition coefficient (Wildman–Crippen LogP) is 2.44. The van der Waals surface area contributed by atoms with Crippen molar-refractivity contribution >= 4 is 28.4 Å². The molecule has 110 valence electrons. The van der Waals surface area contributed by atoms with E-state index in [1.54, 1.807) is 33.0 Å². The zero-order valence-corrected chi connectivity index (χ0v) is 13.0. The Labute approximate surface area is 126 Å². The lowest BCUT2D eigenvalue weighted by Crippen LogP contribution is -2.28. The van der Waals surface area contributed by atoms with Crippen LogP contribution in [0.3, 0.4) is 0 Å². The Hall–Kier alpha value is -2.28. The topological polar surface area (TPSA) is 83.4 Å². The molecule has 1 amide bonds. The van der Waals surface area contributed by atoms with Crippen molar-refractivity contribution in [2.75, 3.05) is 11.9 Å². The van der Waals surface area contributed by atoms with Gasteiger partial charge in [0.05, 0.1) is 17.0 Å². The number of carboxylic acid groups (broad SMARTS) is 1. The van der Waals surface area contributed by atoms with E-state index in [0.717, 1.165) is 17.2 Å². The summed E-state index contributed by atoms with van der Waals surface area (Å²) in [6.45, 7) is 5.21. The SMILES string of the molecule is Cc1ccc(C(=O)N(C)c2snc(C)c2C(=O)O)c(C)n1. The van der Waals surface area contributed by atoms with Gasteiger partial charge in [-0.1, -0.05) is 0 Å². The van der Waals surface area contributed by atoms with Crippen LogP contribution in [-0.4, -0.2) is 33.4 Å². The van der Waals surface area contributed by atoms with Crippen molar-refractivity contribution in [2.24, 2.45) is 0 Å². The van der Waals surface area contributed by atoms with E-state index >= 15 is 0 Å². The lowest BCUT2D eigenvalue weighted by Gasteiger charge is -2.17. The fourth-order valence-electron chi connectivity index (χ4n) is 2.02. The highest BCUT2D eigenvalue weighted by molar-refractivity contribution is 7.11. The number of anilines is 1. The van der Waals surface area contributed by atoms with E-state index in [0.29, 0.717) is 22.0 Å². The predicted molar refractivity (Wildman–Crippen MR) is 80.3 cm³/mol. The van der Waals surface area contributed by atoms with Gasteiger partial charge in [-0.3, -0.25) is 9.78 Å². The largest absolute Gasteiger partial charge is 0.478 e. The lowest BCUT2D eigenvalue weighted by atomic mass is 10.1. The molecule has 7 heteroatoms. The summed E-state index contributed by atoms with van der Waals surface area (Å²) in [4.78, 5) is 29.4. The minimum absolute atomic E-state index is 0.0635. The van der Waals surface area contributed by atoms with Crippen LogP contribution in [-0.2, 0) is 0 Å². The molecule has 2 heterocycles. The number of hydrogen-bond acceptors (Lipinski definition) is 5. The third kappa shape index (κ3) is 2.78. The van der Waals surface area contributed by atoms with Crippen LogP contribution in [0.1, 0.15) is 37.8 Å². The van der Waals surface area contributed by atoms with Gasteiger partial charge >= 0.3 is 5.97 Å². The Kier molecular flexibility index (Phi) is 4.04. The molecular weight excluding hydrogens is 290 g/mol. The zero-order valence-electron chi connectivity index (χ0n) is 12.2. The minimum atomic E-state index is -1.09. The Morgan fingerprint density at radius 2 is 1.86 bits per heavy atom. The number of nitrogens with zero attached hydrogens (tertiary/aromatic N) is 3. The molecule has 0 atom stereocenters. The van der Waals surface area contributed by atoms with E-state index < -0.39 is 5.97 Å². The molecule has 2 aromatic heterocycles. The summed E-state index contributed by atoms with van der Waals surface area (Å²) in [6.07, 6.45) is 0. The minimum Gasteiger partial charge on any atom is -0.478 e. The molecule has 2 aromatic rings. The first-order valence-electron chi connectivity index (χ1n) is 6.24. The van der Waals surface area contributed by atoms with Crippen molar-refractivity contribution in [1.29, 1.82) is 0 Å². The van der Waals surface area contributed by atoms with Gasteiger partial charge in [0.2, 0.25) is 0 Å². The highest BCUT2D eigenvalue weighted by Crippen LogP contribution is 2.29. The van der Waals surface area contributed by atoms with E-state index in [9.17, 15) is 14.7 Å². The molecule has 1 N–H and O–H groups in total. The summed E-state index contributed by atoms with van der Waals surface area (Å²) in [7, 11) is 1.54. The number of amides is 1. The molecule has 6 nitrogen and oxygen atoms in total. The number of carbonyl (C=O) groups is 2. The average molecular weight is 305 g/mol. The lowest BCUT2D eigenvalue weighted by molar-refractivity contribution is 0.0697. The summed E-state index contributed by atoms with van der Waals surface area (Å²) < 4.78 is 4.02. The van der Waals surface area contributed by atoms with E-state index in [4.69, 9.17) is 0 Å². The van der Waals surface area contributed by atoms with E-state index in [2.05, 4.69) is 9.36 Å². The van der Waals surface area contributed by atoms with Crippen molar-refractivity contribution < 1.29 is 14.7 Å². The van der Waals surface area contributed by atoms with Crippen LogP contribution in [0.2, 0.25) is 0 Å². The first kappa shape index (κ1) is 15.1. The van der Waals surface area contributed by atoms with Gasteiger partial charge in [0.1, 0.15) is 10.6 Å². The van der Waals surface area contributed by atoms with Crippen LogP contribution >= 0.6 is 11.5 Å². The first-order valence-corrected chi connectivity index (χ1v) is 7.02. The Morgan fingerprint density at radius 1 is 1.19 bits per heavy atom. The number of rotatable bonds is 3. The van der Waals surface area contributed by atoms with E-state index in [-0.39, 0.29) is 11.5 Å². The van der Waals surface area contributed by atoms with Crippen molar-refractivity contribution in [3.63, 3.8) is 0 Å². The molecule has 0 unspecified atom stereocenters. The number of aromatic carboxylic acids is 1. The molecule has 2 rings (SSSR count). The van der Waals surface area contributed by atoms with E-state index in [1.165, 1.54) is 4.90 Å². The fourth-order valence-corrected chi connectivity index (χ4v) is 2.86. The molecule has 0 aromatic carbocycles. The second-order valence-electron chi connectivity index (χ2n) is 4.70. The Bertz CT molecular complexity index is 724. The molecule has 0 saturated heterocycles. The maximum atomic E-state index is 12.5. The maximum Gasteiger partial charge on any atom is 0.340 e. The highest BCUT2D eigenvalue weighted by atomic mass is 32.1. The number of hydrogen-bond donors (Lipinski definition) is 1. The second-order valence-corrected chi connectivity index (χ2v) is 5.45. The monoisotopic (exact) mass is 305 g/mol. The smallest absolute Gasteiger partial charge is 0.340 e. The van der Waals surface area contributed by atoms with Crippen molar-refractivity contribution in [2.45, 2.75) is 20.8 Å². The standard InChI is InChI=1S/C14H15N3O3S/c1-7-5-6-10(8(2)15-7)12(18)17(4)13-11(14(19)20)9(3)16-21-13/h5-6H,1-4H3,(H,19,20). The molecular formula is C14H15N3O3S. The average Bonchev–Trinajstić information content (AvgIpc) is 2.79. The Morgan fingerprint density at radius 3 is 2.43 bits per heavy atom. The van der Waals surface area contributed by atoms with Gasteiger partial charge in [0, 0.05) is 12.7 Å². The number of pyridine rings is 1. The molecule has 0 fully saturated rings. The van der Waals surface area contributed by atoms with Crippen LogP contribution < -0.4 is 4.90 Å². The number of aromatic nitrogens is 2. The molecule has 0 radical (unpaired) electrons. The molecule has 21 heavy (non-hydrogen) atoms. The number of carbonyl (C=O) groups excluding carboxylic acids is 1. The fraction of sp³-hybridized carbons (Fsp3) is 0.286. The van der Waals surface area contributed by atoms with Crippen LogP contribution in [0.15, 0.2) is 12.1 Å². The quantitative estimate of drug-likeness (QED) is 0.941. The second kappa shape index (κ2) is 5.61. The van der Waals surface area contributed by atoms with Crippen molar-refractivity contribution in [1.82, 2.24) is 9.36 Å². The van der Waals surface area contributed by atoms with Gasteiger partial charge in [-0.15, -0.1) is 0 Å². The van der Waals surface area contributed by atoms with Crippen LogP contribution in [0.5, 0.6) is 0 Å². The summed E-state index contributed by atoms with van der Waals surface area (Å²) in [6, 6.07) is 3.45. The summed E-state index contributed by atoms with van der Waals surface area (Å²) in [5.74, 6) is -1.39. The third-order valence-electron chi connectivity index (χ3n) is 3.12. The molecule has 0 aliphatic carbocycles. The summed E-state index contributed by atoms with van der Waals surface area (Å²) >= 11 is 0.998. The van der Waals surface area contributed by atoms with Gasteiger partial charge in [-0.25, -0.2) is 4.79 Å². The maximum absolute atomic E-state index is 12.5. The van der Waals surface area contributed by atoms with Crippen molar-refractivity contribution in [3.05, 3.63) is 40.3 Å². The van der Waals surface area contributed by atoms with Crippen LogP contribution in [0.25, 0.3) is 0 Å². The van der Waals surface area contributed by atoms with Gasteiger partial charge < -0.3 is 10.0 Å². The zero-order chi connectivity index (χ0) is 15.7. The van der Waals surface area contributed by atoms with Gasteiger partial charge in [0.15, 0.2) is 0 Å². The highest BCUT2D eigenvalue weighted by Gasteiger charge is 2.25. The third-order valence-corrected chi connectivity index (χ3v) is 4.14. The molecule has 0 spiro atoms. The van der Waals surface area contributed by atoms with E-state index in [1.807, 2.05) is 6.92 Å². The Balaban J connectivity index is 2.42. The van der Waals surface area contributed by atoms with Crippen LogP contribution in [0, 0.1) is 20.8 Å². The van der Waals surface area contributed by atoms with Crippen molar-refractivity contribution in [3.8, 4) is 0 Å². The van der Waals surface area contributed by atoms with Gasteiger partial charge in [0.25, 0.3) is 5.91 Å². The molecule has 0 aliphatic heterocycles.